The summed E-state index contributed by atoms with van der Waals surface area (Å²) >= 11 is 0. The minimum Gasteiger partial charge on any atom is -0.462 e. The lowest BCUT2D eigenvalue weighted by Gasteiger charge is -2.18. The van der Waals surface area contributed by atoms with Crippen molar-refractivity contribution in [2.24, 2.45) is 0 Å². The standard InChI is InChI=1S/C53H94O6/c1-4-7-10-13-16-19-22-24-25-26-27-28-29-32-34-37-40-43-46-52(55)58-49-50(48-57-51(54)45-42-39-36-33-30-21-18-15-12-9-6-3)59-53(56)47-44-41-38-35-31-23-20-17-14-11-8-5-2/h8,11,15,17-18,20,27-28,50H,4-7,9-10,12-14,16,19,21-26,29-49H2,1-3H3/b11-8-,18-15-,20-17-,28-27-. The molecule has 6 nitrogen and oxygen atoms in total. The van der Waals surface area contributed by atoms with Crippen LogP contribution in [0.4, 0.5) is 0 Å². The lowest BCUT2D eigenvalue weighted by molar-refractivity contribution is -0.167. The van der Waals surface area contributed by atoms with Crippen molar-refractivity contribution in [3.63, 3.8) is 0 Å². The fraction of sp³-hybridized carbons (Fsp3) is 0.792. The van der Waals surface area contributed by atoms with Crippen LogP contribution < -0.4 is 0 Å². The Morgan fingerprint density at radius 3 is 1.08 bits per heavy atom. The van der Waals surface area contributed by atoms with Gasteiger partial charge in [0.05, 0.1) is 0 Å². The van der Waals surface area contributed by atoms with Crippen molar-refractivity contribution in [1.82, 2.24) is 0 Å². The zero-order chi connectivity index (χ0) is 43.0. The van der Waals surface area contributed by atoms with Gasteiger partial charge in [0.15, 0.2) is 6.10 Å². The Labute approximate surface area is 365 Å². The maximum absolute atomic E-state index is 12.7. The second kappa shape index (κ2) is 48.0. The Kier molecular flexibility index (Phi) is 45.9. The van der Waals surface area contributed by atoms with Crippen LogP contribution in [0.1, 0.15) is 252 Å². The van der Waals surface area contributed by atoms with Crippen LogP contribution in [0.2, 0.25) is 0 Å². The molecular formula is C53H94O6. The summed E-state index contributed by atoms with van der Waals surface area (Å²) in [6.07, 6.45) is 56.7. The molecule has 0 aliphatic heterocycles. The van der Waals surface area contributed by atoms with Gasteiger partial charge in [0.25, 0.3) is 0 Å². The molecular weight excluding hydrogens is 733 g/mol. The van der Waals surface area contributed by atoms with Gasteiger partial charge in [0.2, 0.25) is 0 Å². The molecule has 1 atom stereocenters. The van der Waals surface area contributed by atoms with Crippen molar-refractivity contribution in [3.05, 3.63) is 48.6 Å². The predicted molar refractivity (Wildman–Crippen MR) is 252 cm³/mol. The fourth-order valence-corrected chi connectivity index (χ4v) is 6.98. The van der Waals surface area contributed by atoms with Crippen LogP contribution in [0.5, 0.6) is 0 Å². The molecule has 1 unspecified atom stereocenters. The summed E-state index contributed by atoms with van der Waals surface area (Å²) in [7, 11) is 0. The highest BCUT2D eigenvalue weighted by molar-refractivity contribution is 5.71. The first-order valence-corrected chi connectivity index (χ1v) is 25.1. The zero-order valence-electron chi connectivity index (χ0n) is 39.0. The van der Waals surface area contributed by atoms with Crippen molar-refractivity contribution >= 4 is 17.9 Å². The van der Waals surface area contributed by atoms with E-state index in [2.05, 4.69) is 69.4 Å². The summed E-state index contributed by atoms with van der Waals surface area (Å²) in [5, 5.41) is 0. The highest BCUT2D eigenvalue weighted by atomic mass is 16.6. The van der Waals surface area contributed by atoms with Crippen molar-refractivity contribution in [1.29, 1.82) is 0 Å². The van der Waals surface area contributed by atoms with Crippen LogP contribution in [-0.4, -0.2) is 37.2 Å². The number of allylic oxidation sites excluding steroid dienone is 8. The molecule has 0 spiro atoms. The molecule has 0 aromatic rings. The smallest absolute Gasteiger partial charge is 0.306 e. The molecule has 0 amide bonds. The largest absolute Gasteiger partial charge is 0.462 e. The monoisotopic (exact) mass is 827 g/mol. The van der Waals surface area contributed by atoms with Gasteiger partial charge in [0.1, 0.15) is 13.2 Å². The first-order chi connectivity index (χ1) is 29.0. The second-order valence-electron chi connectivity index (χ2n) is 16.7. The van der Waals surface area contributed by atoms with Crippen LogP contribution in [-0.2, 0) is 28.6 Å². The number of ether oxygens (including phenoxy) is 3. The molecule has 0 aliphatic rings. The maximum Gasteiger partial charge on any atom is 0.306 e. The number of rotatable bonds is 45. The van der Waals surface area contributed by atoms with Crippen molar-refractivity contribution < 1.29 is 28.6 Å². The van der Waals surface area contributed by atoms with Crippen molar-refractivity contribution in [3.8, 4) is 0 Å². The molecule has 0 saturated carbocycles. The third-order valence-electron chi connectivity index (χ3n) is 10.8. The summed E-state index contributed by atoms with van der Waals surface area (Å²) in [4.78, 5) is 37.8. The van der Waals surface area contributed by atoms with Crippen LogP contribution in [0.15, 0.2) is 48.6 Å². The molecule has 342 valence electrons. The Balaban J connectivity index is 4.35. The molecule has 0 saturated heterocycles. The number of unbranched alkanes of at least 4 members (excludes halogenated alkanes) is 26. The number of hydrogen-bond acceptors (Lipinski definition) is 6. The normalized spacial score (nSPS) is 12.4. The number of carbonyl (C=O) groups excluding carboxylic acids is 3. The van der Waals surface area contributed by atoms with Crippen LogP contribution in [0.3, 0.4) is 0 Å². The molecule has 0 rings (SSSR count). The summed E-state index contributed by atoms with van der Waals surface area (Å²) in [6.45, 7) is 6.47. The minimum atomic E-state index is -0.784. The van der Waals surface area contributed by atoms with E-state index in [1.165, 1.54) is 109 Å². The van der Waals surface area contributed by atoms with Gasteiger partial charge in [-0.15, -0.1) is 0 Å². The highest BCUT2D eigenvalue weighted by Gasteiger charge is 2.19. The molecule has 0 N–H and O–H groups in total. The molecule has 0 fully saturated rings. The Morgan fingerprint density at radius 2 is 0.678 bits per heavy atom. The average molecular weight is 827 g/mol. The van der Waals surface area contributed by atoms with E-state index in [1.54, 1.807) is 0 Å². The van der Waals surface area contributed by atoms with Crippen LogP contribution in [0, 0.1) is 0 Å². The second-order valence-corrected chi connectivity index (χ2v) is 16.7. The van der Waals surface area contributed by atoms with Gasteiger partial charge in [-0.2, -0.15) is 0 Å². The lowest BCUT2D eigenvalue weighted by Crippen LogP contribution is -2.30. The summed E-state index contributed by atoms with van der Waals surface area (Å²) in [6, 6.07) is 0. The number of hydrogen-bond donors (Lipinski definition) is 0. The molecule has 0 heterocycles. The van der Waals surface area contributed by atoms with Gasteiger partial charge in [0, 0.05) is 19.3 Å². The topological polar surface area (TPSA) is 78.9 Å². The van der Waals surface area contributed by atoms with Gasteiger partial charge in [-0.05, 0) is 89.9 Å². The summed E-state index contributed by atoms with van der Waals surface area (Å²) in [5.74, 6) is -0.915. The SMILES string of the molecule is CC/C=C\C/C=C\CCCCCCCC(=O)OC(COC(=O)CCCCCCC/C=C\CCCC)COC(=O)CCCCCCC/C=C\CCCCCCCCCCC. The van der Waals surface area contributed by atoms with E-state index < -0.39 is 6.10 Å². The third-order valence-corrected chi connectivity index (χ3v) is 10.8. The first kappa shape index (κ1) is 56.4. The molecule has 59 heavy (non-hydrogen) atoms. The Morgan fingerprint density at radius 1 is 0.356 bits per heavy atom. The van der Waals surface area contributed by atoms with E-state index in [1.807, 2.05) is 0 Å². The van der Waals surface area contributed by atoms with E-state index in [-0.39, 0.29) is 31.1 Å². The van der Waals surface area contributed by atoms with E-state index in [9.17, 15) is 14.4 Å². The molecule has 6 heteroatoms. The third kappa shape index (κ3) is 46.3. The van der Waals surface area contributed by atoms with E-state index >= 15 is 0 Å². The van der Waals surface area contributed by atoms with Gasteiger partial charge < -0.3 is 14.2 Å². The maximum atomic E-state index is 12.7. The Bertz CT molecular complexity index is 1040. The Hall–Kier alpha value is -2.63. The number of carbonyl (C=O) groups is 3. The zero-order valence-corrected chi connectivity index (χ0v) is 39.0. The predicted octanol–water partition coefficient (Wildman–Crippen LogP) is 16.3. The van der Waals surface area contributed by atoms with E-state index in [4.69, 9.17) is 14.2 Å². The number of esters is 3. The molecule has 0 bridgehead atoms. The van der Waals surface area contributed by atoms with Crippen molar-refractivity contribution in [2.75, 3.05) is 13.2 Å². The quantitative estimate of drug-likeness (QED) is 0.0263. The molecule has 0 aromatic carbocycles. The van der Waals surface area contributed by atoms with E-state index in [0.29, 0.717) is 19.3 Å². The minimum absolute atomic E-state index is 0.0854. The van der Waals surface area contributed by atoms with Crippen LogP contribution >= 0.6 is 0 Å². The molecule has 0 aromatic heterocycles. The van der Waals surface area contributed by atoms with Gasteiger partial charge >= 0.3 is 17.9 Å². The van der Waals surface area contributed by atoms with Gasteiger partial charge in [-0.1, -0.05) is 191 Å². The summed E-state index contributed by atoms with van der Waals surface area (Å²) < 4.78 is 16.7. The highest BCUT2D eigenvalue weighted by Crippen LogP contribution is 2.14. The van der Waals surface area contributed by atoms with Gasteiger partial charge in [-0.25, -0.2) is 0 Å². The average Bonchev–Trinajstić information content (AvgIpc) is 3.23. The fourth-order valence-electron chi connectivity index (χ4n) is 6.98. The molecule has 0 radical (unpaired) electrons. The molecule has 0 aliphatic carbocycles. The summed E-state index contributed by atoms with van der Waals surface area (Å²) in [5.41, 5.74) is 0. The van der Waals surface area contributed by atoms with Crippen LogP contribution in [0.25, 0.3) is 0 Å². The van der Waals surface area contributed by atoms with E-state index in [0.717, 1.165) is 103 Å². The first-order valence-electron chi connectivity index (χ1n) is 25.1. The lowest BCUT2D eigenvalue weighted by atomic mass is 10.1. The van der Waals surface area contributed by atoms with Gasteiger partial charge in [-0.3, -0.25) is 14.4 Å². The van der Waals surface area contributed by atoms with Crippen molar-refractivity contribution in [2.45, 2.75) is 258 Å².